The molecule has 7 heteroatoms. The molecule has 0 aliphatic heterocycles. The molecule has 0 aliphatic rings. The molecule has 0 saturated carbocycles. The zero-order valence-corrected chi connectivity index (χ0v) is 12.2. The van der Waals surface area contributed by atoms with Gasteiger partial charge in [-0.2, -0.15) is 12.7 Å². The summed E-state index contributed by atoms with van der Waals surface area (Å²) in [7, 11) is -3.68. The molecular formula is C13H17FN2O3S. The summed E-state index contributed by atoms with van der Waals surface area (Å²) in [4.78, 5) is 0. The molecule has 0 unspecified atom stereocenters. The average Bonchev–Trinajstić information content (AvgIpc) is 2.38. The van der Waals surface area contributed by atoms with E-state index in [1.54, 1.807) is 13.8 Å². The zero-order chi connectivity index (χ0) is 15.2. The first-order valence-corrected chi connectivity index (χ1v) is 7.55. The highest BCUT2D eigenvalue weighted by molar-refractivity contribution is 7.90. The maximum absolute atomic E-state index is 13.7. The summed E-state index contributed by atoms with van der Waals surface area (Å²) < 4.78 is 41.1. The molecule has 0 amide bonds. The molecule has 1 aromatic carbocycles. The minimum Gasteiger partial charge on any atom is -0.384 e. The number of benzene rings is 1. The van der Waals surface area contributed by atoms with Crippen LogP contribution in [-0.2, 0) is 10.2 Å². The topological polar surface area (TPSA) is 69.6 Å². The van der Waals surface area contributed by atoms with Crippen LogP contribution in [0.4, 0.5) is 10.1 Å². The lowest BCUT2D eigenvalue weighted by Crippen LogP contribution is -2.35. The lowest BCUT2D eigenvalue weighted by molar-refractivity contribution is 0.350. The molecule has 1 aromatic rings. The van der Waals surface area contributed by atoms with Crippen molar-refractivity contribution < 1.29 is 17.9 Å². The number of rotatable bonds is 5. The number of aliphatic hydroxyl groups excluding tert-OH is 1. The lowest BCUT2D eigenvalue weighted by atomic mass is 10.2. The molecule has 0 atom stereocenters. The largest absolute Gasteiger partial charge is 0.384 e. The average molecular weight is 300 g/mol. The minimum atomic E-state index is -3.68. The van der Waals surface area contributed by atoms with Crippen LogP contribution in [0.2, 0.25) is 0 Å². The fraction of sp³-hybridized carbons (Fsp3) is 0.385. The van der Waals surface area contributed by atoms with E-state index >= 15 is 0 Å². The highest BCUT2D eigenvalue weighted by atomic mass is 32.2. The monoisotopic (exact) mass is 300 g/mol. The van der Waals surface area contributed by atoms with Gasteiger partial charge in [0.15, 0.2) is 0 Å². The molecule has 0 heterocycles. The maximum atomic E-state index is 13.7. The van der Waals surface area contributed by atoms with Gasteiger partial charge < -0.3 is 5.11 Å². The first kappa shape index (κ1) is 16.4. The molecular weight excluding hydrogens is 283 g/mol. The summed E-state index contributed by atoms with van der Waals surface area (Å²) in [5, 5.41) is 8.55. The molecule has 1 rings (SSSR count). The van der Waals surface area contributed by atoms with Gasteiger partial charge in [0.05, 0.1) is 11.3 Å². The summed E-state index contributed by atoms with van der Waals surface area (Å²) in [6.45, 7) is 3.73. The summed E-state index contributed by atoms with van der Waals surface area (Å²) in [5.74, 6) is 4.12. The first-order chi connectivity index (χ1) is 9.44. The van der Waals surface area contributed by atoms with E-state index < -0.39 is 16.0 Å². The second-order valence-electron chi connectivity index (χ2n) is 3.85. The van der Waals surface area contributed by atoms with Gasteiger partial charge in [0.25, 0.3) is 0 Å². The number of hydrogen-bond acceptors (Lipinski definition) is 3. The van der Waals surface area contributed by atoms with Crippen LogP contribution < -0.4 is 4.72 Å². The lowest BCUT2D eigenvalue weighted by Gasteiger charge is -2.19. The highest BCUT2D eigenvalue weighted by Crippen LogP contribution is 2.16. The maximum Gasteiger partial charge on any atom is 0.301 e. The smallest absolute Gasteiger partial charge is 0.301 e. The summed E-state index contributed by atoms with van der Waals surface area (Å²) in [5.41, 5.74) is 0.230. The third-order valence-corrected chi connectivity index (χ3v) is 4.25. The fourth-order valence-electron chi connectivity index (χ4n) is 1.59. The Balaban J connectivity index is 2.97. The Bertz CT molecular complexity index is 616. The predicted octanol–water partition coefficient (Wildman–Crippen LogP) is 1.17. The predicted molar refractivity (Wildman–Crippen MR) is 75.8 cm³/mol. The number of aliphatic hydroxyl groups is 1. The normalized spacial score (nSPS) is 11.1. The Labute approximate surface area is 118 Å². The van der Waals surface area contributed by atoms with Crippen LogP contribution >= 0.6 is 0 Å². The Morgan fingerprint density at radius 2 is 2.00 bits per heavy atom. The van der Waals surface area contributed by atoms with Crippen LogP contribution in [-0.4, -0.2) is 37.5 Å². The van der Waals surface area contributed by atoms with Gasteiger partial charge in [0, 0.05) is 13.1 Å². The third-order valence-electron chi connectivity index (χ3n) is 2.56. The quantitative estimate of drug-likeness (QED) is 0.802. The van der Waals surface area contributed by atoms with E-state index in [0.717, 1.165) is 6.07 Å². The molecule has 2 N–H and O–H groups in total. The Morgan fingerprint density at radius 1 is 1.35 bits per heavy atom. The Morgan fingerprint density at radius 3 is 2.50 bits per heavy atom. The van der Waals surface area contributed by atoms with Crippen LogP contribution in [0.15, 0.2) is 18.2 Å². The molecule has 20 heavy (non-hydrogen) atoms. The van der Waals surface area contributed by atoms with Crippen LogP contribution in [0, 0.1) is 17.7 Å². The van der Waals surface area contributed by atoms with E-state index in [1.807, 2.05) is 0 Å². The van der Waals surface area contributed by atoms with Gasteiger partial charge >= 0.3 is 10.2 Å². The number of hydrogen-bond donors (Lipinski definition) is 2. The van der Waals surface area contributed by atoms with Crippen molar-refractivity contribution in [1.29, 1.82) is 0 Å². The van der Waals surface area contributed by atoms with Crippen molar-refractivity contribution in [3.05, 3.63) is 29.6 Å². The second kappa shape index (κ2) is 7.24. The SMILES string of the molecule is CCN(CC)S(=O)(=O)Nc1ccc(C#CCO)c(F)c1. The highest BCUT2D eigenvalue weighted by Gasteiger charge is 2.18. The van der Waals surface area contributed by atoms with E-state index in [2.05, 4.69) is 16.6 Å². The first-order valence-electron chi connectivity index (χ1n) is 6.11. The molecule has 0 spiro atoms. The van der Waals surface area contributed by atoms with Crippen LogP contribution in [0.5, 0.6) is 0 Å². The fourth-order valence-corrected chi connectivity index (χ4v) is 2.83. The van der Waals surface area contributed by atoms with Crippen molar-refractivity contribution in [3.8, 4) is 11.8 Å². The second-order valence-corrected chi connectivity index (χ2v) is 5.52. The van der Waals surface area contributed by atoms with Crippen molar-refractivity contribution in [2.45, 2.75) is 13.8 Å². The van der Waals surface area contributed by atoms with Crippen molar-refractivity contribution in [2.75, 3.05) is 24.4 Å². The molecule has 110 valence electrons. The summed E-state index contributed by atoms with van der Waals surface area (Å²) in [6.07, 6.45) is 0. The number of anilines is 1. The minimum absolute atomic E-state index is 0.102. The van der Waals surface area contributed by atoms with Crippen molar-refractivity contribution in [1.82, 2.24) is 4.31 Å². The van der Waals surface area contributed by atoms with Crippen molar-refractivity contribution in [3.63, 3.8) is 0 Å². The summed E-state index contributed by atoms with van der Waals surface area (Å²) in [6, 6.07) is 3.84. The van der Waals surface area contributed by atoms with Crippen LogP contribution in [0.1, 0.15) is 19.4 Å². The molecule has 5 nitrogen and oxygen atoms in total. The van der Waals surface area contributed by atoms with Gasteiger partial charge in [0.1, 0.15) is 12.4 Å². The molecule has 0 fully saturated rings. The Hall–Kier alpha value is -1.62. The van der Waals surface area contributed by atoms with E-state index in [9.17, 15) is 12.8 Å². The van der Waals surface area contributed by atoms with Gasteiger partial charge in [-0.3, -0.25) is 4.72 Å². The van der Waals surface area contributed by atoms with E-state index in [-0.39, 0.29) is 17.9 Å². The Kier molecular flexibility index (Phi) is 5.95. The standard InChI is InChI=1S/C13H17FN2O3S/c1-3-16(4-2)20(18,19)15-12-8-7-11(6-5-9-17)13(14)10-12/h7-8,10,15,17H,3-4,9H2,1-2H3. The van der Waals surface area contributed by atoms with Crippen LogP contribution in [0.25, 0.3) is 0 Å². The molecule has 0 saturated heterocycles. The molecule has 0 bridgehead atoms. The van der Waals surface area contributed by atoms with E-state index in [1.165, 1.54) is 16.4 Å². The van der Waals surface area contributed by atoms with Crippen molar-refractivity contribution >= 4 is 15.9 Å². The van der Waals surface area contributed by atoms with E-state index in [0.29, 0.717) is 13.1 Å². The number of nitrogens with zero attached hydrogens (tertiary/aromatic N) is 1. The van der Waals surface area contributed by atoms with Crippen LogP contribution in [0.3, 0.4) is 0 Å². The third kappa shape index (κ3) is 4.20. The van der Waals surface area contributed by atoms with Crippen molar-refractivity contribution in [2.24, 2.45) is 0 Å². The van der Waals surface area contributed by atoms with Gasteiger partial charge in [-0.25, -0.2) is 4.39 Å². The summed E-state index contributed by atoms with van der Waals surface area (Å²) >= 11 is 0. The van der Waals surface area contributed by atoms with Gasteiger partial charge in [-0.15, -0.1) is 0 Å². The van der Waals surface area contributed by atoms with Gasteiger partial charge in [-0.05, 0) is 18.2 Å². The molecule has 0 aliphatic carbocycles. The van der Waals surface area contributed by atoms with E-state index in [4.69, 9.17) is 5.11 Å². The number of halogens is 1. The zero-order valence-electron chi connectivity index (χ0n) is 11.4. The van der Waals surface area contributed by atoms with Gasteiger partial charge in [-0.1, -0.05) is 25.7 Å². The number of nitrogens with one attached hydrogen (secondary N) is 1. The molecule has 0 radical (unpaired) electrons. The van der Waals surface area contributed by atoms with Gasteiger partial charge in [0.2, 0.25) is 0 Å². The molecule has 0 aromatic heterocycles.